The van der Waals surface area contributed by atoms with Crippen LogP contribution >= 0.6 is 12.4 Å². The summed E-state index contributed by atoms with van der Waals surface area (Å²) in [5.74, 6) is -1.31. The molecule has 1 heterocycles. The van der Waals surface area contributed by atoms with Crippen molar-refractivity contribution < 1.29 is 14.4 Å². The van der Waals surface area contributed by atoms with Crippen LogP contribution in [0.5, 0.6) is 0 Å². The summed E-state index contributed by atoms with van der Waals surface area (Å²) in [6.45, 7) is 3.76. The molecule has 1 aliphatic heterocycles. The van der Waals surface area contributed by atoms with Gasteiger partial charge in [0.1, 0.15) is 6.04 Å². The molecule has 1 aromatic carbocycles. The second-order valence-corrected chi connectivity index (χ2v) is 6.40. The molecule has 0 aliphatic carbocycles. The molecule has 0 saturated carbocycles. The number of hydrogen-bond acceptors (Lipinski definition) is 4. The summed E-state index contributed by atoms with van der Waals surface area (Å²) in [5.41, 5.74) is 13.2. The lowest BCUT2D eigenvalue weighted by atomic mass is 9.93. The molecule has 3 amide bonds. The lowest BCUT2D eigenvalue weighted by molar-refractivity contribution is -0.141. The SMILES string of the molecule is CC(C)[C@H](N)C(=O)NCC(=O)N1Cc2ccccc2CC1C(N)=O.Cl. The van der Waals surface area contributed by atoms with Crippen LogP contribution in [-0.4, -0.2) is 41.2 Å². The minimum Gasteiger partial charge on any atom is -0.368 e. The third-order valence-electron chi connectivity index (χ3n) is 4.33. The minimum atomic E-state index is -0.705. The first-order chi connectivity index (χ1) is 11.3. The fourth-order valence-corrected chi connectivity index (χ4v) is 2.72. The van der Waals surface area contributed by atoms with Crippen LogP contribution in [0.25, 0.3) is 0 Å². The van der Waals surface area contributed by atoms with Crippen molar-refractivity contribution in [1.82, 2.24) is 10.2 Å². The standard InChI is InChI=1S/C17H24N4O3.ClH/c1-10(2)15(18)17(24)20-8-14(22)21-9-12-6-4-3-5-11(12)7-13(21)16(19)23;/h3-6,10,13,15H,7-9,18H2,1-2H3,(H2,19,23)(H,20,24);1H/t13?,15-;/m0./s1. The van der Waals surface area contributed by atoms with Gasteiger partial charge in [0, 0.05) is 13.0 Å². The predicted molar refractivity (Wildman–Crippen MR) is 96.7 cm³/mol. The van der Waals surface area contributed by atoms with Crippen LogP contribution in [0.2, 0.25) is 0 Å². The molecule has 7 nitrogen and oxygen atoms in total. The average Bonchev–Trinajstić information content (AvgIpc) is 2.57. The monoisotopic (exact) mass is 368 g/mol. The first-order valence-electron chi connectivity index (χ1n) is 8.00. The van der Waals surface area contributed by atoms with Gasteiger partial charge in [0.25, 0.3) is 0 Å². The highest BCUT2D eigenvalue weighted by molar-refractivity contribution is 5.91. The molecule has 0 fully saturated rings. The average molecular weight is 369 g/mol. The third kappa shape index (κ3) is 4.93. The van der Waals surface area contributed by atoms with E-state index in [1.54, 1.807) is 0 Å². The van der Waals surface area contributed by atoms with Crippen LogP contribution in [0.1, 0.15) is 25.0 Å². The first kappa shape index (κ1) is 20.9. The van der Waals surface area contributed by atoms with E-state index in [2.05, 4.69) is 5.32 Å². The van der Waals surface area contributed by atoms with Gasteiger partial charge in [-0.3, -0.25) is 14.4 Å². The highest BCUT2D eigenvalue weighted by Gasteiger charge is 2.33. The number of fused-ring (bicyclic) bond motifs is 1. The minimum absolute atomic E-state index is 0. The van der Waals surface area contributed by atoms with Crippen molar-refractivity contribution in [2.45, 2.75) is 38.9 Å². The van der Waals surface area contributed by atoms with E-state index in [9.17, 15) is 14.4 Å². The smallest absolute Gasteiger partial charge is 0.242 e. The molecule has 2 atom stereocenters. The number of nitrogens with zero attached hydrogens (tertiary/aromatic N) is 1. The van der Waals surface area contributed by atoms with E-state index in [1.165, 1.54) is 4.90 Å². The lowest BCUT2D eigenvalue weighted by Gasteiger charge is -2.35. The van der Waals surface area contributed by atoms with Gasteiger partial charge < -0.3 is 21.7 Å². The number of rotatable bonds is 5. The number of primary amides is 1. The molecule has 25 heavy (non-hydrogen) atoms. The van der Waals surface area contributed by atoms with Gasteiger partial charge in [-0.25, -0.2) is 0 Å². The highest BCUT2D eigenvalue weighted by atomic mass is 35.5. The number of amides is 3. The molecule has 0 saturated heterocycles. The summed E-state index contributed by atoms with van der Waals surface area (Å²) < 4.78 is 0. The van der Waals surface area contributed by atoms with E-state index in [1.807, 2.05) is 38.1 Å². The van der Waals surface area contributed by atoms with Crippen molar-refractivity contribution in [3.05, 3.63) is 35.4 Å². The maximum atomic E-state index is 12.5. The fraction of sp³-hybridized carbons (Fsp3) is 0.471. The molecule has 2 rings (SSSR count). The van der Waals surface area contributed by atoms with Crippen LogP contribution in [0.15, 0.2) is 24.3 Å². The van der Waals surface area contributed by atoms with E-state index in [-0.39, 0.29) is 36.7 Å². The molecule has 1 aromatic rings. The molecule has 0 bridgehead atoms. The topological polar surface area (TPSA) is 119 Å². The van der Waals surface area contributed by atoms with E-state index in [4.69, 9.17) is 11.5 Å². The van der Waals surface area contributed by atoms with Gasteiger partial charge in [-0.2, -0.15) is 0 Å². The maximum absolute atomic E-state index is 12.5. The molecule has 0 aromatic heterocycles. The number of hydrogen-bond donors (Lipinski definition) is 3. The number of carbonyl (C=O) groups is 3. The van der Waals surface area contributed by atoms with E-state index in [0.29, 0.717) is 13.0 Å². The molecular formula is C17H25ClN4O3. The Kier molecular flexibility index (Phi) is 7.38. The quantitative estimate of drug-likeness (QED) is 0.674. The Morgan fingerprint density at radius 2 is 1.84 bits per heavy atom. The van der Waals surface area contributed by atoms with Gasteiger partial charge in [0.15, 0.2) is 0 Å². The van der Waals surface area contributed by atoms with Crippen LogP contribution in [0.3, 0.4) is 0 Å². The van der Waals surface area contributed by atoms with Gasteiger partial charge in [-0.1, -0.05) is 38.1 Å². The molecule has 0 radical (unpaired) electrons. The largest absolute Gasteiger partial charge is 0.368 e. The summed E-state index contributed by atoms with van der Waals surface area (Å²) in [7, 11) is 0. The van der Waals surface area contributed by atoms with Crippen molar-refractivity contribution in [3.8, 4) is 0 Å². The lowest BCUT2D eigenvalue weighted by Crippen LogP contribution is -2.54. The van der Waals surface area contributed by atoms with Crippen LogP contribution in [-0.2, 0) is 27.3 Å². The van der Waals surface area contributed by atoms with Gasteiger partial charge in [-0.05, 0) is 17.0 Å². The fourth-order valence-electron chi connectivity index (χ4n) is 2.72. The summed E-state index contributed by atoms with van der Waals surface area (Å²) >= 11 is 0. The molecule has 0 spiro atoms. The zero-order valence-electron chi connectivity index (χ0n) is 14.4. The third-order valence-corrected chi connectivity index (χ3v) is 4.33. The molecule has 1 unspecified atom stereocenters. The van der Waals surface area contributed by atoms with Gasteiger partial charge in [0.05, 0.1) is 12.6 Å². The van der Waals surface area contributed by atoms with E-state index in [0.717, 1.165) is 11.1 Å². The van der Waals surface area contributed by atoms with Crippen molar-refractivity contribution in [2.24, 2.45) is 17.4 Å². The van der Waals surface area contributed by atoms with Crippen LogP contribution in [0.4, 0.5) is 0 Å². The Labute approximate surface area is 153 Å². The Bertz CT molecular complexity index is 651. The molecule has 5 N–H and O–H groups in total. The number of nitrogens with two attached hydrogens (primary N) is 2. The zero-order chi connectivity index (χ0) is 17.9. The van der Waals surface area contributed by atoms with E-state index >= 15 is 0 Å². The number of carbonyl (C=O) groups excluding carboxylic acids is 3. The number of nitrogens with one attached hydrogen (secondary N) is 1. The maximum Gasteiger partial charge on any atom is 0.242 e. The Hall–Kier alpha value is -2.12. The predicted octanol–water partition coefficient (Wildman–Crippen LogP) is -0.0535. The summed E-state index contributed by atoms with van der Waals surface area (Å²) in [4.78, 5) is 37.5. The van der Waals surface area contributed by atoms with Gasteiger partial charge in [0.2, 0.25) is 17.7 Å². The summed E-state index contributed by atoms with van der Waals surface area (Å²) in [6, 6.07) is 6.24. The van der Waals surface area contributed by atoms with Gasteiger partial charge in [-0.15, -0.1) is 12.4 Å². The van der Waals surface area contributed by atoms with Crippen molar-refractivity contribution >= 4 is 30.1 Å². The first-order valence-corrected chi connectivity index (χ1v) is 8.00. The molecular weight excluding hydrogens is 344 g/mol. The highest BCUT2D eigenvalue weighted by Crippen LogP contribution is 2.23. The normalized spacial score (nSPS) is 17.3. The Balaban J connectivity index is 0.00000312. The van der Waals surface area contributed by atoms with Crippen LogP contribution in [0, 0.1) is 5.92 Å². The Morgan fingerprint density at radius 3 is 2.40 bits per heavy atom. The van der Waals surface area contributed by atoms with Crippen LogP contribution < -0.4 is 16.8 Å². The van der Waals surface area contributed by atoms with Crippen molar-refractivity contribution in [2.75, 3.05) is 6.54 Å². The molecule has 8 heteroatoms. The van der Waals surface area contributed by atoms with Gasteiger partial charge >= 0.3 is 0 Å². The second-order valence-electron chi connectivity index (χ2n) is 6.40. The number of benzene rings is 1. The van der Waals surface area contributed by atoms with Crippen molar-refractivity contribution in [1.29, 1.82) is 0 Å². The summed E-state index contributed by atoms with van der Waals surface area (Å²) in [5, 5.41) is 2.54. The van der Waals surface area contributed by atoms with E-state index < -0.39 is 18.0 Å². The number of halogens is 1. The molecule has 1 aliphatic rings. The van der Waals surface area contributed by atoms with Crippen molar-refractivity contribution in [3.63, 3.8) is 0 Å². The second kappa shape index (κ2) is 8.82. The zero-order valence-corrected chi connectivity index (χ0v) is 15.2. The summed E-state index contributed by atoms with van der Waals surface area (Å²) in [6.07, 6.45) is 0.386. The molecule has 138 valence electrons. The Morgan fingerprint density at radius 1 is 1.24 bits per heavy atom.